The van der Waals surface area contributed by atoms with Gasteiger partial charge in [-0.15, -0.1) is 0 Å². The topological polar surface area (TPSA) is 58.1 Å². The molecule has 5 nitrogen and oxygen atoms in total. The lowest BCUT2D eigenvalue weighted by molar-refractivity contribution is -0.132. The van der Waals surface area contributed by atoms with Gasteiger partial charge in [-0.3, -0.25) is 9.36 Å². The average Bonchev–Trinajstić information content (AvgIpc) is 2.90. The van der Waals surface area contributed by atoms with E-state index in [1.165, 1.54) is 0 Å². The van der Waals surface area contributed by atoms with Gasteiger partial charge in [0.05, 0.1) is 11.0 Å². The van der Waals surface area contributed by atoms with Crippen LogP contribution in [-0.2, 0) is 4.79 Å². The molecule has 0 aliphatic carbocycles. The number of hydrogen-bond donors (Lipinski definition) is 1. The third kappa shape index (κ3) is 3.51. The second kappa shape index (κ2) is 7.43. The first-order valence-electron chi connectivity index (χ1n) is 8.77. The minimum Gasteiger partial charge on any atom is -0.343 e. The monoisotopic (exact) mass is 349 g/mol. The molecule has 1 aromatic heterocycles. The van der Waals surface area contributed by atoms with Crippen LogP contribution in [0.4, 0.5) is 0 Å². The van der Waals surface area contributed by atoms with E-state index in [2.05, 4.69) is 11.9 Å². The fourth-order valence-corrected chi connectivity index (χ4v) is 3.70. The Morgan fingerprint density at radius 3 is 2.75 bits per heavy atom. The number of nitrogens with one attached hydrogen (secondary N) is 1. The molecular formula is C18H24ClN3O2. The summed E-state index contributed by atoms with van der Waals surface area (Å²) < 4.78 is 1.82. The average molecular weight is 350 g/mol. The van der Waals surface area contributed by atoms with Gasteiger partial charge < -0.3 is 9.88 Å². The number of imidazole rings is 1. The standard InChI is InChI=1S/C18H24ClN3O2/c1-2-3-4-5-17(23)21-10-8-14(9-11-21)22-16-7-6-13(19)12-15(16)20-18(22)24/h6-7,12,14H,2-5,8-11H2,1H3,(H,20,24). The fraction of sp³-hybridized carbons (Fsp3) is 0.556. The number of fused-ring (bicyclic) bond motifs is 1. The van der Waals surface area contributed by atoms with Crippen LogP contribution in [-0.4, -0.2) is 33.4 Å². The number of rotatable bonds is 5. The summed E-state index contributed by atoms with van der Waals surface area (Å²) in [6.45, 7) is 3.59. The van der Waals surface area contributed by atoms with Gasteiger partial charge in [0.2, 0.25) is 5.91 Å². The highest BCUT2D eigenvalue weighted by Crippen LogP contribution is 2.26. The Morgan fingerprint density at radius 1 is 1.29 bits per heavy atom. The molecule has 1 aromatic carbocycles. The van der Waals surface area contributed by atoms with E-state index in [9.17, 15) is 9.59 Å². The van der Waals surface area contributed by atoms with Crippen molar-refractivity contribution in [2.24, 2.45) is 0 Å². The second-order valence-electron chi connectivity index (χ2n) is 6.53. The maximum absolute atomic E-state index is 12.3. The molecule has 3 rings (SSSR count). The van der Waals surface area contributed by atoms with E-state index in [0.29, 0.717) is 11.4 Å². The molecule has 6 heteroatoms. The first-order chi connectivity index (χ1) is 11.6. The van der Waals surface area contributed by atoms with Crippen molar-refractivity contribution in [2.45, 2.75) is 51.5 Å². The molecule has 0 spiro atoms. The van der Waals surface area contributed by atoms with Crippen LogP contribution < -0.4 is 5.69 Å². The van der Waals surface area contributed by atoms with Gasteiger partial charge >= 0.3 is 5.69 Å². The number of aromatic nitrogens is 2. The number of halogens is 1. The first kappa shape index (κ1) is 17.1. The van der Waals surface area contributed by atoms with E-state index in [0.717, 1.165) is 56.2 Å². The van der Waals surface area contributed by atoms with Crippen molar-refractivity contribution in [3.05, 3.63) is 33.7 Å². The number of amides is 1. The highest BCUT2D eigenvalue weighted by molar-refractivity contribution is 6.31. The zero-order chi connectivity index (χ0) is 17.1. The number of benzene rings is 1. The lowest BCUT2D eigenvalue weighted by Crippen LogP contribution is -2.40. The van der Waals surface area contributed by atoms with Crippen molar-refractivity contribution in [2.75, 3.05) is 13.1 Å². The molecule has 1 fully saturated rings. The van der Waals surface area contributed by atoms with Crippen LogP contribution in [0.1, 0.15) is 51.5 Å². The number of nitrogens with zero attached hydrogens (tertiary/aromatic N) is 2. The number of unbranched alkanes of at least 4 members (excludes halogenated alkanes) is 2. The molecule has 0 saturated carbocycles. The highest BCUT2D eigenvalue weighted by Gasteiger charge is 2.25. The number of hydrogen-bond acceptors (Lipinski definition) is 2. The molecule has 1 aliphatic rings. The van der Waals surface area contributed by atoms with Gasteiger partial charge in [-0.2, -0.15) is 0 Å². The lowest BCUT2D eigenvalue weighted by atomic mass is 10.0. The number of aromatic amines is 1. The molecule has 0 bridgehead atoms. The fourth-order valence-electron chi connectivity index (χ4n) is 3.52. The molecule has 130 valence electrons. The van der Waals surface area contributed by atoms with Crippen molar-refractivity contribution >= 4 is 28.5 Å². The zero-order valence-electron chi connectivity index (χ0n) is 14.1. The Morgan fingerprint density at radius 2 is 2.04 bits per heavy atom. The summed E-state index contributed by atoms with van der Waals surface area (Å²) in [6.07, 6.45) is 5.48. The summed E-state index contributed by atoms with van der Waals surface area (Å²) in [6, 6.07) is 5.60. The Kier molecular flexibility index (Phi) is 5.29. The molecule has 1 N–H and O–H groups in total. The van der Waals surface area contributed by atoms with Crippen molar-refractivity contribution in [3.63, 3.8) is 0 Å². The normalized spacial score (nSPS) is 16.0. The SMILES string of the molecule is CCCCCC(=O)N1CCC(n2c(=O)[nH]c3cc(Cl)ccc32)CC1. The van der Waals surface area contributed by atoms with Crippen LogP contribution in [0.25, 0.3) is 11.0 Å². The van der Waals surface area contributed by atoms with Crippen LogP contribution in [0, 0.1) is 0 Å². The zero-order valence-corrected chi connectivity index (χ0v) is 14.8. The Labute approximate surface area is 146 Å². The van der Waals surface area contributed by atoms with E-state index < -0.39 is 0 Å². The molecule has 1 saturated heterocycles. The third-order valence-corrected chi connectivity index (χ3v) is 5.09. The number of piperidine rings is 1. The summed E-state index contributed by atoms with van der Waals surface area (Å²) in [5.41, 5.74) is 1.56. The van der Waals surface area contributed by atoms with Gasteiger partial charge in [-0.25, -0.2) is 4.79 Å². The maximum atomic E-state index is 12.3. The van der Waals surface area contributed by atoms with Crippen molar-refractivity contribution in [1.82, 2.24) is 14.5 Å². The number of carbonyl (C=O) groups is 1. The second-order valence-corrected chi connectivity index (χ2v) is 6.97. The van der Waals surface area contributed by atoms with E-state index in [1.54, 1.807) is 12.1 Å². The number of H-pyrrole nitrogens is 1. The largest absolute Gasteiger partial charge is 0.343 e. The molecule has 0 atom stereocenters. The van der Waals surface area contributed by atoms with E-state index in [1.807, 2.05) is 15.5 Å². The molecule has 24 heavy (non-hydrogen) atoms. The first-order valence-corrected chi connectivity index (χ1v) is 9.15. The van der Waals surface area contributed by atoms with Crippen LogP contribution in [0.3, 0.4) is 0 Å². The third-order valence-electron chi connectivity index (χ3n) is 4.86. The van der Waals surface area contributed by atoms with Gasteiger partial charge in [-0.1, -0.05) is 31.4 Å². The predicted octanol–water partition coefficient (Wildman–Crippen LogP) is 3.73. The smallest absolute Gasteiger partial charge is 0.326 e. The molecule has 0 radical (unpaired) electrons. The van der Waals surface area contributed by atoms with Crippen molar-refractivity contribution < 1.29 is 4.79 Å². The molecule has 1 aliphatic heterocycles. The molecule has 0 unspecified atom stereocenters. The van der Waals surface area contributed by atoms with Crippen LogP contribution in [0.15, 0.2) is 23.0 Å². The Hall–Kier alpha value is -1.75. The Balaban J connectivity index is 1.68. The van der Waals surface area contributed by atoms with Gasteiger partial charge in [0, 0.05) is 30.6 Å². The quantitative estimate of drug-likeness (QED) is 0.836. The van der Waals surface area contributed by atoms with Gasteiger partial charge in [0.1, 0.15) is 0 Å². The van der Waals surface area contributed by atoms with E-state index in [-0.39, 0.29) is 17.6 Å². The van der Waals surface area contributed by atoms with Gasteiger partial charge in [0.25, 0.3) is 0 Å². The summed E-state index contributed by atoms with van der Waals surface area (Å²) >= 11 is 6.00. The molecular weight excluding hydrogens is 326 g/mol. The summed E-state index contributed by atoms with van der Waals surface area (Å²) in [4.78, 5) is 29.4. The summed E-state index contributed by atoms with van der Waals surface area (Å²) in [5.74, 6) is 0.250. The molecule has 2 heterocycles. The van der Waals surface area contributed by atoms with Crippen LogP contribution in [0.5, 0.6) is 0 Å². The van der Waals surface area contributed by atoms with Crippen LogP contribution >= 0.6 is 11.6 Å². The molecule has 2 aromatic rings. The lowest BCUT2D eigenvalue weighted by Gasteiger charge is -2.32. The van der Waals surface area contributed by atoms with E-state index >= 15 is 0 Å². The minimum absolute atomic E-state index is 0.0972. The van der Waals surface area contributed by atoms with E-state index in [4.69, 9.17) is 11.6 Å². The predicted molar refractivity (Wildman–Crippen MR) is 96.6 cm³/mol. The van der Waals surface area contributed by atoms with Crippen LogP contribution in [0.2, 0.25) is 5.02 Å². The minimum atomic E-state index is -0.0972. The number of likely N-dealkylation sites (tertiary alicyclic amines) is 1. The van der Waals surface area contributed by atoms with Gasteiger partial charge in [-0.05, 0) is 37.5 Å². The van der Waals surface area contributed by atoms with Gasteiger partial charge in [0.15, 0.2) is 0 Å². The Bertz CT molecular complexity index is 772. The summed E-state index contributed by atoms with van der Waals surface area (Å²) in [7, 11) is 0. The van der Waals surface area contributed by atoms with Crippen molar-refractivity contribution in [1.29, 1.82) is 0 Å². The highest BCUT2D eigenvalue weighted by atomic mass is 35.5. The molecule has 1 amide bonds. The number of carbonyl (C=O) groups excluding carboxylic acids is 1. The van der Waals surface area contributed by atoms with Crippen molar-refractivity contribution in [3.8, 4) is 0 Å². The maximum Gasteiger partial charge on any atom is 0.326 e. The summed E-state index contributed by atoms with van der Waals surface area (Å²) in [5, 5.41) is 0.614.